The van der Waals surface area contributed by atoms with Crippen LogP contribution in [-0.4, -0.2) is 34.2 Å². The number of halogens is 2. The number of nitro benzene ring substituents is 1. The molecular weight excluding hydrogens is 299 g/mol. The van der Waals surface area contributed by atoms with Crippen molar-refractivity contribution in [1.29, 1.82) is 0 Å². The van der Waals surface area contributed by atoms with E-state index in [0.717, 1.165) is 37.5 Å². The average molecular weight is 315 g/mol. The maximum absolute atomic E-state index is 13.4. The molecule has 1 aliphatic rings. The van der Waals surface area contributed by atoms with Gasteiger partial charge in [0.2, 0.25) is 0 Å². The standard InChI is InChI=1S/C14H16ClFN2O3/c15-7-2-8-17(11-3-1-4-11)14(19)12-9-10(16)5-6-13(12)18(20)21/h5-6,9,11H,1-4,7-8H2. The second-order valence-corrected chi connectivity index (χ2v) is 5.42. The maximum Gasteiger partial charge on any atom is 0.282 e. The summed E-state index contributed by atoms with van der Waals surface area (Å²) in [5.74, 6) is -0.743. The van der Waals surface area contributed by atoms with Crippen LogP contribution in [0.25, 0.3) is 0 Å². The van der Waals surface area contributed by atoms with Crippen LogP contribution in [0.5, 0.6) is 0 Å². The van der Waals surface area contributed by atoms with Gasteiger partial charge in [0.1, 0.15) is 11.4 Å². The van der Waals surface area contributed by atoms with Crippen LogP contribution in [0.2, 0.25) is 0 Å². The fourth-order valence-corrected chi connectivity index (χ4v) is 2.49. The van der Waals surface area contributed by atoms with Crippen molar-refractivity contribution in [3.8, 4) is 0 Å². The number of benzene rings is 1. The lowest BCUT2D eigenvalue weighted by Crippen LogP contribution is -2.45. The molecule has 0 bridgehead atoms. The number of alkyl halides is 1. The first-order valence-corrected chi connectivity index (χ1v) is 7.39. The lowest BCUT2D eigenvalue weighted by atomic mass is 9.90. The van der Waals surface area contributed by atoms with Crippen LogP contribution < -0.4 is 0 Å². The first-order valence-electron chi connectivity index (χ1n) is 6.85. The molecule has 0 spiro atoms. The highest BCUT2D eigenvalue weighted by Crippen LogP contribution is 2.29. The Hall–Kier alpha value is -1.69. The zero-order valence-corrected chi connectivity index (χ0v) is 12.2. The predicted octanol–water partition coefficient (Wildman–Crippen LogP) is 3.36. The highest BCUT2D eigenvalue weighted by atomic mass is 35.5. The van der Waals surface area contributed by atoms with E-state index in [2.05, 4.69) is 0 Å². The Labute approximate surface area is 126 Å². The molecule has 1 aromatic rings. The monoisotopic (exact) mass is 314 g/mol. The Balaban J connectivity index is 2.30. The molecule has 1 saturated carbocycles. The fraction of sp³-hybridized carbons (Fsp3) is 0.500. The third-order valence-electron chi connectivity index (χ3n) is 3.69. The summed E-state index contributed by atoms with van der Waals surface area (Å²) in [5, 5.41) is 11.0. The molecule has 0 radical (unpaired) electrons. The van der Waals surface area contributed by atoms with Crippen molar-refractivity contribution in [2.24, 2.45) is 0 Å². The molecule has 5 nitrogen and oxygen atoms in total. The van der Waals surface area contributed by atoms with Gasteiger partial charge in [-0.15, -0.1) is 11.6 Å². The molecule has 21 heavy (non-hydrogen) atoms. The number of rotatable bonds is 6. The van der Waals surface area contributed by atoms with Gasteiger partial charge in [0.15, 0.2) is 0 Å². The van der Waals surface area contributed by atoms with Gasteiger partial charge in [0, 0.05) is 24.5 Å². The van der Waals surface area contributed by atoms with E-state index >= 15 is 0 Å². The van der Waals surface area contributed by atoms with Gasteiger partial charge in [-0.2, -0.15) is 0 Å². The highest BCUT2D eigenvalue weighted by Gasteiger charge is 2.32. The van der Waals surface area contributed by atoms with Gasteiger partial charge in [-0.1, -0.05) is 0 Å². The zero-order valence-electron chi connectivity index (χ0n) is 11.4. The number of hydrogen-bond acceptors (Lipinski definition) is 3. The Morgan fingerprint density at radius 1 is 1.48 bits per heavy atom. The minimum atomic E-state index is -0.660. The van der Waals surface area contributed by atoms with Crippen molar-refractivity contribution in [1.82, 2.24) is 4.90 Å². The molecule has 1 aliphatic carbocycles. The number of carbonyl (C=O) groups excluding carboxylic acids is 1. The van der Waals surface area contributed by atoms with Crippen LogP contribution in [0, 0.1) is 15.9 Å². The summed E-state index contributed by atoms with van der Waals surface area (Å²) in [6, 6.07) is 3.03. The Morgan fingerprint density at radius 2 is 2.19 bits per heavy atom. The van der Waals surface area contributed by atoms with Gasteiger partial charge < -0.3 is 4.90 Å². The normalized spacial score (nSPS) is 14.6. The number of carbonyl (C=O) groups is 1. The third-order valence-corrected chi connectivity index (χ3v) is 3.96. The zero-order chi connectivity index (χ0) is 15.4. The Bertz CT molecular complexity index is 549. The lowest BCUT2D eigenvalue weighted by Gasteiger charge is -2.37. The fourth-order valence-electron chi connectivity index (χ4n) is 2.37. The van der Waals surface area contributed by atoms with E-state index in [9.17, 15) is 19.3 Å². The van der Waals surface area contributed by atoms with Gasteiger partial charge in [0.05, 0.1) is 4.92 Å². The van der Waals surface area contributed by atoms with E-state index < -0.39 is 16.6 Å². The van der Waals surface area contributed by atoms with E-state index in [-0.39, 0.29) is 17.3 Å². The molecule has 0 N–H and O–H groups in total. The van der Waals surface area contributed by atoms with Crippen LogP contribution in [0.1, 0.15) is 36.0 Å². The minimum absolute atomic E-state index is 0.0728. The van der Waals surface area contributed by atoms with Gasteiger partial charge in [-0.25, -0.2) is 4.39 Å². The van der Waals surface area contributed by atoms with Crippen molar-refractivity contribution in [2.75, 3.05) is 12.4 Å². The predicted molar refractivity (Wildman–Crippen MR) is 77.1 cm³/mol. The third kappa shape index (κ3) is 3.50. The molecule has 0 unspecified atom stereocenters. The number of nitro groups is 1. The second kappa shape index (κ2) is 6.85. The molecule has 1 amide bonds. The average Bonchev–Trinajstić information content (AvgIpc) is 2.40. The molecule has 114 valence electrons. The lowest BCUT2D eigenvalue weighted by molar-refractivity contribution is -0.385. The van der Waals surface area contributed by atoms with E-state index in [1.165, 1.54) is 0 Å². The molecular formula is C14H16ClFN2O3. The van der Waals surface area contributed by atoms with Crippen molar-refractivity contribution in [3.05, 3.63) is 39.7 Å². The van der Waals surface area contributed by atoms with E-state index in [1.807, 2.05) is 0 Å². The molecule has 1 aromatic carbocycles. The van der Waals surface area contributed by atoms with Gasteiger partial charge in [-0.3, -0.25) is 14.9 Å². The summed E-state index contributed by atoms with van der Waals surface area (Å²) in [4.78, 5) is 24.5. The van der Waals surface area contributed by atoms with Crippen LogP contribution in [0.4, 0.5) is 10.1 Å². The molecule has 7 heteroatoms. The molecule has 0 saturated heterocycles. The SMILES string of the molecule is O=C(c1cc(F)ccc1[N+](=O)[O-])N(CCCCl)C1CCC1. The summed E-state index contributed by atoms with van der Waals surface area (Å²) >= 11 is 5.66. The first-order chi connectivity index (χ1) is 10.0. The molecule has 1 fully saturated rings. The molecule has 2 rings (SSSR count). The maximum atomic E-state index is 13.4. The van der Waals surface area contributed by atoms with Crippen LogP contribution >= 0.6 is 11.6 Å². The smallest absolute Gasteiger partial charge is 0.282 e. The van der Waals surface area contributed by atoms with Crippen LogP contribution in [0.15, 0.2) is 18.2 Å². The van der Waals surface area contributed by atoms with Crippen molar-refractivity contribution < 1.29 is 14.1 Å². The first kappa shape index (κ1) is 15.7. The van der Waals surface area contributed by atoms with E-state index in [4.69, 9.17) is 11.6 Å². The number of amides is 1. The molecule has 0 heterocycles. The highest BCUT2D eigenvalue weighted by molar-refractivity contribution is 6.17. The Morgan fingerprint density at radius 3 is 2.71 bits per heavy atom. The quantitative estimate of drug-likeness (QED) is 0.459. The van der Waals surface area contributed by atoms with Gasteiger partial charge in [0.25, 0.3) is 11.6 Å². The van der Waals surface area contributed by atoms with Crippen molar-refractivity contribution in [3.63, 3.8) is 0 Å². The molecule has 0 atom stereocenters. The number of hydrogen-bond donors (Lipinski definition) is 0. The van der Waals surface area contributed by atoms with Crippen LogP contribution in [0.3, 0.4) is 0 Å². The Kier molecular flexibility index (Phi) is 5.12. The largest absolute Gasteiger partial charge is 0.335 e. The van der Waals surface area contributed by atoms with Crippen molar-refractivity contribution >= 4 is 23.2 Å². The summed E-state index contributed by atoms with van der Waals surface area (Å²) in [7, 11) is 0. The minimum Gasteiger partial charge on any atom is -0.335 e. The van der Waals surface area contributed by atoms with Crippen LogP contribution in [-0.2, 0) is 0 Å². The number of nitrogens with zero attached hydrogens (tertiary/aromatic N) is 2. The van der Waals surface area contributed by atoms with Gasteiger partial charge in [-0.05, 0) is 37.8 Å². The van der Waals surface area contributed by atoms with E-state index in [1.54, 1.807) is 4.90 Å². The molecule has 0 aromatic heterocycles. The molecule has 0 aliphatic heterocycles. The summed E-state index contributed by atoms with van der Waals surface area (Å²) in [6.07, 6.45) is 3.38. The summed E-state index contributed by atoms with van der Waals surface area (Å²) in [5.41, 5.74) is -0.557. The summed E-state index contributed by atoms with van der Waals surface area (Å²) in [6.45, 7) is 0.431. The topological polar surface area (TPSA) is 63.4 Å². The van der Waals surface area contributed by atoms with Gasteiger partial charge >= 0.3 is 0 Å². The van der Waals surface area contributed by atoms with E-state index in [0.29, 0.717) is 18.8 Å². The van der Waals surface area contributed by atoms with Crippen molar-refractivity contribution in [2.45, 2.75) is 31.7 Å². The second-order valence-electron chi connectivity index (χ2n) is 5.04. The summed E-state index contributed by atoms with van der Waals surface area (Å²) < 4.78 is 13.4.